The zero-order valence-corrected chi connectivity index (χ0v) is 16.2. The molecule has 1 aromatic heterocycles. The predicted octanol–water partition coefficient (Wildman–Crippen LogP) is 3.32. The van der Waals surface area contributed by atoms with Crippen molar-refractivity contribution in [1.82, 2.24) is 15.8 Å². The fourth-order valence-electron chi connectivity index (χ4n) is 2.05. The monoisotopic (exact) mass is 428 g/mol. The third kappa shape index (κ3) is 6.60. The summed E-state index contributed by atoms with van der Waals surface area (Å²) in [5, 5.41) is 10.6. The van der Waals surface area contributed by atoms with E-state index in [1.165, 1.54) is 5.56 Å². The molecule has 0 aliphatic carbocycles. The number of aromatic nitrogens is 1. The van der Waals surface area contributed by atoms with Crippen LogP contribution in [0.25, 0.3) is 0 Å². The second-order valence-electron chi connectivity index (χ2n) is 5.46. The van der Waals surface area contributed by atoms with Crippen molar-refractivity contribution in [2.75, 3.05) is 13.6 Å². The molecule has 0 aliphatic rings. The summed E-state index contributed by atoms with van der Waals surface area (Å²) in [4.78, 5) is 4.21. The van der Waals surface area contributed by atoms with Crippen LogP contribution in [0.4, 0.5) is 0 Å². The van der Waals surface area contributed by atoms with Crippen molar-refractivity contribution >= 4 is 29.9 Å². The summed E-state index contributed by atoms with van der Waals surface area (Å²) in [7, 11) is 1.76. The molecule has 0 radical (unpaired) electrons. The van der Waals surface area contributed by atoms with Crippen LogP contribution in [-0.4, -0.2) is 24.7 Å². The van der Waals surface area contributed by atoms with E-state index in [1.54, 1.807) is 7.05 Å². The Kier molecular flexibility index (Phi) is 8.68. The van der Waals surface area contributed by atoms with Gasteiger partial charge in [-0.25, -0.2) is 0 Å². The molecular weight excluding hydrogens is 403 g/mol. The van der Waals surface area contributed by atoms with Crippen LogP contribution in [0.5, 0.6) is 0 Å². The van der Waals surface area contributed by atoms with Gasteiger partial charge in [0.2, 0.25) is 0 Å². The van der Waals surface area contributed by atoms with Crippen LogP contribution in [-0.2, 0) is 13.0 Å². The number of nitrogens with zero attached hydrogens (tertiary/aromatic N) is 2. The number of benzene rings is 1. The van der Waals surface area contributed by atoms with Gasteiger partial charge in [-0.2, -0.15) is 0 Å². The normalized spacial score (nSPS) is 11.2. The van der Waals surface area contributed by atoms with E-state index in [4.69, 9.17) is 4.52 Å². The summed E-state index contributed by atoms with van der Waals surface area (Å²) in [6.07, 6.45) is 0.960. The Bertz CT molecular complexity index is 596. The highest BCUT2D eigenvalue weighted by Crippen LogP contribution is 2.13. The lowest BCUT2D eigenvalue weighted by molar-refractivity contribution is 0.372. The van der Waals surface area contributed by atoms with Crippen LogP contribution in [0.3, 0.4) is 0 Å². The van der Waals surface area contributed by atoms with E-state index in [1.807, 2.05) is 12.1 Å². The number of aliphatic imine (C=N–C) groups is 1. The maximum atomic E-state index is 5.30. The minimum Gasteiger partial charge on any atom is -0.359 e. The first-order chi connectivity index (χ1) is 10.7. The highest BCUT2D eigenvalue weighted by molar-refractivity contribution is 14.0. The molecule has 2 N–H and O–H groups in total. The second kappa shape index (κ2) is 10.3. The molecule has 0 spiro atoms. The van der Waals surface area contributed by atoms with Gasteiger partial charge < -0.3 is 15.2 Å². The van der Waals surface area contributed by atoms with Gasteiger partial charge in [-0.05, 0) is 17.9 Å². The van der Waals surface area contributed by atoms with Crippen LogP contribution in [0, 0.1) is 0 Å². The van der Waals surface area contributed by atoms with E-state index in [9.17, 15) is 0 Å². The van der Waals surface area contributed by atoms with E-state index < -0.39 is 0 Å². The number of guanidine groups is 1. The van der Waals surface area contributed by atoms with E-state index in [-0.39, 0.29) is 24.0 Å². The Hall–Kier alpha value is -1.57. The molecule has 23 heavy (non-hydrogen) atoms. The van der Waals surface area contributed by atoms with Gasteiger partial charge >= 0.3 is 0 Å². The van der Waals surface area contributed by atoms with Crippen LogP contribution < -0.4 is 10.6 Å². The van der Waals surface area contributed by atoms with Crippen molar-refractivity contribution in [3.8, 4) is 0 Å². The molecule has 0 unspecified atom stereocenters. The average molecular weight is 428 g/mol. The fraction of sp³-hybridized carbons (Fsp3) is 0.412. The summed E-state index contributed by atoms with van der Waals surface area (Å²) < 4.78 is 5.30. The topological polar surface area (TPSA) is 62.5 Å². The van der Waals surface area contributed by atoms with Gasteiger partial charge in [-0.15, -0.1) is 24.0 Å². The summed E-state index contributed by atoms with van der Waals surface area (Å²) in [6.45, 7) is 5.60. The molecule has 0 atom stereocenters. The molecule has 126 valence electrons. The van der Waals surface area contributed by atoms with E-state index in [0.717, 1.165) is 30.4 Å². The largest absolute Gasteiger partial charge is 0.359 e. The zero-order valence-electron chi connectivity index (χ0n) is 13.9. The smallest absolute Gasteiger partial charge is 0.191 e. The molecule has 1 aromatic carbocycles. The molecule has 0 saturated heterocycles. The van der Waals surface area contributed by atoms with E-state index in [0.29, 0.717) is 12.5 Å². The second-order valence-corrected chi connectivity index (χ2v) is 5.46. The van der Waals surface area contributed by atoms with Gasteiger partial charge in [-0.3, -0.25) is 4.99 Å². The van der Waals surface area contributed by atoms with Gasteiger partial charge in [0.15, 0.2) is 11.7 Å². The number of hydrogen-bond donors (Lipinski definition) is 2. The maximum Gasteiger partial charge on any atom is 0.191 e. The Morgan fingerprint density at radius 2 is 1.96 bits per heavy atom. The van der Waals surface area contributed by atoms with Gasteiger partial charge in [-0.1, -0.05) is 49.3 Å². The minimum atomic E-state index is 0. The SMILES string of the molecule is CN=C(NCCc1ccccc1)NCc1cc(C(C)C)no1.I. The summed E-state index contributed by atoms with van der Waals surface area (Å²) >= 11 is 0. The lowest BCUT2D eigenvalue weighted by Crippen LogP contribution is -2.37. The minimum absolute atomic E-state index is 0. The quantitative estimate of drug-likeness (QED) is 0.421. The first kappa shape index (κ1) is 19.5. The highest BCUT2D eigenvalue weighted by atomic mass is 127. The Morgan fingerprint density at radius 1 is 1.22 bits per heavy atom. The molecule has 0 saturated carbocycles. The predicted molar refractivity (Wildman–Crippen MR) is 104 cm³/mol. The summed E-state index contributed by atoms with van der Waals surface area (Å²) in [5.74, 6) is 1.95. The fourth-order valence-corrected chi connectivity index (χ4v) is 2.05. The van der Waals surface area contributed by atoms with Crippen LogP contribution in [0.15, 0.2) is 45.9 Å². The van der Waals surface area contributed by atoms with Crippen molar-refractivity contribution in [1.29, 1.82) is 0 Å². The van der Waals surface area contributed by atoms with E-state index in [2.05, 4.69) is 58.9 Å². The van der Waals surface area contributed by atoms with Crippen LogP contribution >= 0.6 is 24.0 Å². The first-order valence-electron chi connectivity index (χ1n) is 7.63. The number of rotatable bonds is 6. The molecule has 2 aromatic rings. The average Bonchev–Trinajstić information content (AvgIpc) is 3.01. The van der Waals surface area contributed by atoms with Crippen molar-refractivity contribution in [3.05, 3.63) is 53.4 Å². The molecule has 1 heterocycles. The lowest BCUT2D eigenvalue weighted by Gasteiger charge is -2.10. The first-order valence-corrected chi connectivity index (χ1v) is 7.63. The highest BCUT2D eigenvalue weighted by Gasteiger charge is 2.08. The zero-order chi connectivity index (χ0) is 15.8. The molecule has 0 fully saturated rings. The molecule has 5 nitrogen and oxygen atoms in total. The van der Waals surface area contributed by atoms with Crippen molar-refractivity contribution in [2.24, 2.45) is 4.99 Å². The molecular formula is C17H25IN4O. The number of nitrogens with one attached hydrogen (secondary N) is 2. The van der Waals surface area contributed by atoms with Crippen LogP contribution in [0.1, 0.15) is 36.8 Å². The Balaban J connectivity index is 0.00000264. The van der Waals surface area contributed by atoms with Crippen LogP contribution in [0.2, 0.25) is 0 Å². The lowest BCUT2D eigenvalue weighted by atomic mass is 10.1. The van der Waals surface area contributed by atoms with Crippen molar-refractivity contribution < 1.29 is 4.52 Å². The van der Waals surface area contributed by atoms with E-state index >= 15 is 0 Å². The Labute approximate surface area is 155 Å². The molecule has 0 bridgehead atoms. The molecule has 2 rings (SSSR count). The van der Waals surface area contributed by atoms with Crippen molar-refractivity contribution in [2.45, 2.75) is 32.7 Å². The third-order valence-corrected chi connectivity index (χ3v) is 3.37. The summed E-state index contributed by atoms with van der Waals surface area (Å²) in [5.41, 5.74) is 2.28. The number of halogens is 1. The van der Waals surface area contributed by atoms with Gasteiger partial charge in [0.1, 0.15) is 0 Å². The number of hydrogen-bond acceptors (Lipinski definition) is 3. The summed E-state index contributed by atoms with van der Waals surface area (Å²) in [6, 6.07) is 12.4. The van der Waals surface area contributed by atoms with Gasteiger partial charge in [0.25, 0.3) is 0 Å². The van der Waals surface area contributed by atoms with Gasteiger partial charge in [0, 0.05) is 19.7 Å². The molecule has 0 aliphatic heterocycles. The van der Waals surface area contributed by atoms with Gasteiger partial charge in [0.05, 0.1) is 12.2 Å². The maximum absolute atomic E-state index is 5.30. The molecule has 6 heteroatoms. The third-order valence-electron chi connectivity index (χ3n) is 3.37. The van der Waals surface area contributed by atoms with Crippen molar-refractivity contribution in [3.63, 3.8) is 0 Å². The molecule has 0 amide bonds. The Morgan fingerprint density at radius 3 is 2.57 bits per heavy atom. The standard InChI is InChI=1S/C17H24N4O.HI/c1-13(2)16-11-15(22-21-16)12-20-17(18-3)19-10-9-14-7-5-4-6-8-14;/h4-8,11,13H,9-10,12H2,1-3H3,(H2,18,19,20);1H.